The highest BCUT2D eigenvalue weighted by Gasteiger charge is 2.33. The van der Waals surface area contributed by atoms with Gasteiger partial charge in [-0.1, -0.05) is 22.8 Å². The number of ether oxygens (including phenoxy) is 2. The zero-order valence-corrected chi connectivity index (χ0v) is 19.2. The minimum absolute atomic E-state index is 0.150. The molecule has 1 aliphatic heterocycles. The first-order valence-corrected chi connectivity index (χ1v) is 11.3. The van der Waals surface area contributed by atoms with E-state index in [1.807, 2.05) is 12.1 Å². The van der Waals surface area contributed by atoms with E-state index in [0.717, 1.165) is 48.8 Å². The van der Waals surface area contributed by atoms with Crippen molar-refractivity contribution in [3.8, 4) is 11.5 Å². The van der Waals surface area contributed by atoms with Crippen molar-refractivity contribution in [2.75, 3.05) is 26.7 Å². The summed E-state index contributed by atoms with van der Waals surface area (Å²) >= 11 is 6.49. The van der Waals surface area contributed by atoms with Gasteiger partial charge in [-0.2, -0.15) is 0 Å². The predicted molar refractivity (Wildman–Crippen MR) is 118 cm³/mol. The maximum Gasteiger partial charge on any atom is 0.415 e. The molecule has 0 spiro atoms. The van der Waals surface area contributed by atoms with E-state index in [0.29, 0.717) is 29.7 Å². The van der Waals surface area contributed by atoms with Crippen LogP contribution in [0.2, 0.25) is 5.02 Å². The lowest BCUT2D eigenvalue weighted by Gasteiger charge is -2.37. The minimum Gasteiger partial charge on any atom is -0.490 e. The molecule has 1 amide bonds. The molecular weight excluding hydrogens is 418 g/mol. The van der Waals surface area contributed by atoms with Crippen molar-refractivity contribution in [3.63, 3.8) is 0 Å². The number of amides is 1. The fraction of sp³-hybridized carbons (Fsp3) is 0.565. The van der Waals surface area contributed by atoms with E-state index < -0.39 is 6.09 Å². The van der Waals surface area contributed by atoms with E-state index in [4.69, 9.17) is 25.6 Å². The number of aryl methyl sites for hydroxylation is 2. The number of likely N-dealkylation sites (tertiary alicyclic amines) is 1. The van der Waals surface area contributed by atoms with Gasteiger partial charge in [-0.25, -0.2) is 4.79 Å². The lowest BCUT2D eigenvalue weighted by atomic mass is 9.82. The van der Waals surface area contributed by atoms with Gasteiger partial charge in [-0.15, -0.1) is 0 Å². The summed E-state index contributed by atoms with van der Waals surface area (Å²) < 4.78 is 16.5. The first kappa shape index (κ1) is 22.0. The second-order valence-electron chi connectivity index (χ2n) is 8.72. The molecule has 4 rings (SSSR count). The lowest BCUT2D eigenvalue weighted by Crippen LogP contribution is -2.42. The summed E-state index contributed by atoms with van der Waals surface area (Å²) in [5.41, 5.74) is 1.72. The van der Waals surface area contributed by atoms with Crippen LogP contribution in [0, 0.1) is 19.8 Å². The standard InChI is InChI=1S/C23H30ClN3O4/c1-15-22(16(2)31-25-15)30-23(28)26(3)13-17-10-20(11-17)29-19-7-6-18(21(24)12-19)14-27-8-4-5-9-27/h6-7,12,17,20H,4-5,8-11,13-14H2,1-3H3. The van der Waals surface area contributed by atoms with Crippen LogP contribution in [0.4, 0.5) is 4.79 Å². The SMILES string of the molecule is Cc1noc(C)c1OC(=O)N(C)CC1CC(Oc2ccc(CN3CCCC3)c(Cl)c2)C1. The molecule has 0 unspecified atom stereocenters. The van der Waals surface area contributed by atoms with Crippen LogP contribution in [0.15, 0.2) is 22.7 Å². The van der Waals surface area contributed by atoms with Crippen molar-refractivity contribution in [2.24, 2.45) is 5.92 Å². The first-order valence-electron chi connectivity index (χ1n) is 10.9. The number of nitrogens with zero attached hydrogens (tertiary/aromatic N) is 3. The maximum absolute atomic E-state index is 12.3. The van der Waals surface area contributed by atoms with Crippen LogP contribution in [0.25, 0.3) is 0 Å². The van der Waals surface area contributed by atoms with Gasteiger partial charge >= 0.3 is 6.09 Å². The molecular formula is C23H30ClN3O4. The molecule has 0 atom stereocenters. The van der Waals surface area contributed by atoms with Crippen LogP contribution < -0.4 is 9.47 Å². The first-order chi connectivity index (χ1) is 14.9. The fourth-order valence-corrected chi connectivity index (χ4v) is 4.50. The van der Waals surface area contributed by atoms with E-state index in [-0.39, 0.29) is 6.10 Å². The number of halogens is 1. The third-order valence-corrected chi connectivity index (χ3v) is 6.47. The number of aromatic nitrogens is 1. The summed E-state index contributed by atoms with van der Waals surface area (Å²) in [4.78, 5) is 16.4. The quantitative estimate of drug-likeness (QED) is 0.605. The lowest BCUT2D eigenvalue weighted by molar-refractivity contribution is 0.0483. The largest absolute Gasteiger partial charge is 0.490 e. The summed E-state index contributed by atoms with van der Waals surface area (Å²) in [6, 6.07) is 6.01. The highest BCUT2D eigenvalue weighted by atomic mass is 35.5. The number of benzene rings is 1. The Morgan fingerprint density at radius 2 is 2.03 bits per heavy atom. The number of hydrogen-bond acceptors (Lipinski definition) is 6. The smallest absolute Gasteiger partial charge is 0.415 e. The van der Waals surface area contributed by atoms with Crippen molar-refractivity contribution in [3.05, 3.63) is 40.2 Å². The summed E-state index contributed by atoms with van der Waals surface area (Å²) in [6.07, 6.45) is 4.09. The molecule has 1 aliphatic carbocycles. The van der Waals surface area contributed by atoms with Crippen molar-refractivity contribution in [2.45, 2.75) is 52.2 Å². The highest BCUT2D eigenvalue weighted by Crippen LogP contribution is 2.34. The molecule has 1 saturated heterocycles. The molecule has 2 fully saturated rings. The Hall–Kier alpha value is -2.25. The molecule has 8 heteroatoms. The highest BCUT2D eigenvalue weighted by molar-refractivity contribution is 6.31. The van der Waals surface area contributed by atoms with Crippen molar-refractivity contribution in [1.82, 2.24) is 15.0 Å². The van der Waals surface area contributed by atoms with Gasteiger partial charge in [0.05, 0.1) is 6.10 Å². The summed E-state index contributed by atoms with van der Waals surface area (Å²) in [7, 11) is 1.74. The van der Waals surface area contributed by atoms with Gasteiger partial charge in [0.25, 0.3) is 0 Å². The molecule has 0 N–H and O–H groups in total. The van der Waals surface area contributed by atoms with Crippen LogP contribution >= 0.6 is 11.6 Å². The average Bonchev–Trinajstić information content (AvgIpc) is 3.33. The Balaban J connectivity index is 1.21. The molecule has 0 radical (unpaired) electrons. The number of carbonyl (C=O) groups excluding carboxylic acids is 1. The van der Waals surface area contributed by atoms with Gasteiger partial charge < -0.3 is 18.9 Å². The number of hydrogen-bond donors (Lipinski definition) is 0. The van der Waals surface area contributed by atoms with Gasteiger partial charge in [-0.3, -0.25) is 4.90 Å². The zero-order valence-electron chi connectivity index (χ0n) is 18.4. The molecule has 1 saturated carbocycles. The minimum atomic E-state index is -0.404. The van der Waals surface area contributed by atoms with Crippen LogP contribution in [-0.4, -0.2) is 53.8 Å². The molecule has 2 aliphatic rings. The summed E-state index contributed by atoms with van der Waals surface area (Å²) in [5, 5.41) is 4.57. The van der Waals surface area contributed by atoms with E-state index in [2.05, 4.69) is 16.1 Å². The number of rotatable bonds is 7. The van der Waals surface area contributed by atoms with Crippen molar-refractivity contribution in [1.29, 1.82) is 0 Å². The van der Waals surface area contributed by atoms with Crippen LogP contribution in [0.1, 0.15) is 42.7 Å². The van der Waals surface area contributed by atoms with Gasteiger partial charge in [-0.05, 0) is 69.3 Å². The average molecular weight is 448 g/mol. The maximum atomic E-state index is 12.3. The van der Waals surface area contributed by atoms with Crippen LogP contribution in [0.3, 0.4) is 0 Å². The molecule has 168 valence electrons. The fourth-order valence-electron chi connectivity index (χ4n) is 4.27. The van der Waals surface area contributed by atoms with Crippen molar-refractivity contribution < 1.29 is 18.8 Å². The molecule has 31 heavy (non-hydrogen) atoms. The number of carbonyl (C=O) groups is 1. The Kier molecular flexibility index (Phi) is 6.72. The second-order valence-corrected chi connectivity index (χ2v) is 9.12. The second kappa shape index (κ2) is 9.49. The van der Waals surface area contributed by atoms with E-state index >= 15 is 0 Å². The molecule has 2 aromatic rings. The Bertz CT molecular complexity index is 900. The van der Waals surface area contributed by atoms with Gasteiger partial charge in [0.1, 0.15) is 11.4 Å². The predicted octanol–water partition coefficient (Wildman–Crippen LogP) is 4.83. The monoisotopic (exact) mass is 447 g/mol. The Labute approximate surface area is 188 Å². The van der Waals surface area contributed by atoms with E-state index in [1.54, 1.807) is 25.8 Å². The van der Waals surface area contributed by atoms with Gasteiger partial charge in [0.15, 0.2) is 11.5 Å². The van der Waals surface area contributed by atoms with Crippen molar-refractivity contribution >= 4 is 17.7 Å². The summed E-state index contributed by atoms with van der Waals surface area (Å²) in [5.74, 6) is 2.10. The third kappa shape index (κ3) is 5.33. The zero-order chi connectivity index (χ0) is 22.0. The van der Waals surface area contributed by atoms with Crippen LogP contribution in [0.5, 0.6) is 11.5 Å². The Morgan fingerprint density at radius 3 is 2.68 bits per heavy atom. The molecule has 1 aromatic carbocycles. The van der Waals surface area contributed by atoms with Crippen LogP contribution in [-0.2, 0) is 6.54 Å². The normalized spacial score (nSPS) is 21.0. The van der Waals surface area contributed by atoms with Gasteiger partial charge in [0.2, 0.25) is 0 Å². The molecule has 0 bridgehead atoms. The topological polar surface area (TPSA) is 68.0 Å². The molecule has 7 nitrogen and oxygen atoms in total. The van der Waals surface area contributed by atoms with E-state index in [1.165, 1.54) is 12.8 Å². The molecule has 1 aromatic heterocycles. The van der Waals surface area contributed by atoms with E-state index in [9.17, 15) is 4.79 Å². The summed E-state index contributed by atoms with van der Waals surface area (Å²) in [6.45, 7) is 7.30. The third-order valence-electron chi connectivity index (χ3n) is 6.11. The van der Waals surface area contributed by atoms with Gasteiger partial charge in [0, 0.05) is 32.1 Å². The Morgan fingerprint density at radius 1 is 1.29 bits per heavy atom. The molecule has 2 heterocycles.